The molecule has 3 aromatic rings. The highest BCUT2D eigenvalue weighted by atomic mass is 16.6. The molecular formula is C20H17N2O3+. The molecular weight excluding hydrogens is 316 g/mol. The number of carbonyl (C=O) groups is 1. The standard InChI is InChI=1S/C20H17N2O3/c23-18(15-7-8-19-20(13-15)25-12-11-24-19)14-22-10-4-2-6-17(22)16-5-1-3-9-21-16/h1-10,13H,11-12,14H2/q+1. The molecule has 1 aromatic carbocycles. The van der Waals surface area contributed by atoms with Gasteiger partial charge in [-0.3, -0.25) is 4.79 Å². The first kappa shape index (κ1) is 15.3. The highest BCUT2D eigenvalue weighted by Crippen LogP contribution is 2.30. The van der Waals surface area contributed by atoms with Crippen LogP contribution in [0.4, 0.5) is 0 Å². The number of carbonyl (C=O) groups excluding carboxylic acids is 1. The first-order valence-electron chi connectivity index (χ1n) is 8.14. The minimum absolute atomic E-state index is 0.00496. The van der Waals surface area contributed by atoms with Gasteiger partial charge in [-0.05, 0) is 36.4 Å². The summed E-state index contributed by atoms with van der Waals surface area (Å²) in [6.07, 6.45) is 3.63. The first-order valence-corrected chi connectivity index (χ1v) is 8.14. The maximum Gasteiger partial charge on any atom is 0.231 e. The number of Topliss-reactive ketones (excluding diaryl/α,β-unsaturated/α-hetero) is 1. The van der Waals surface area contributed by atoms with Crippen molar-refractivity contribution in [1.82, 2.24) is 4.98 Å². The second-order valence-electron chi connectivity index (χ2n) is 5.71. The molecule has 0 unspecified atom stereocenters. The second-order valence-corrected chi connectivity index (χ2v) is 5.71. The highest BCUT2D eigenvalue weighted by Gasteiger charge is 2.20. The third-order valence-electron chi connectivity index (χ3n) is 4.05. The number of rotatable bonds is 4. The van der Waals surface area contributed by atoms with Crippen LogP contribution in [0.15, 0.2) is 67.0 Å². The third kappa shape index (κ3) is 3.21. The quantitative estimate of drug-likeness (QED) is 0.544. The predicted octanol–water partition coefficient (Wildman–Crippen LogP) is 2.69. The fraction of sp³-hybridized carbons (Fsp3) is 0.150. The van der Waals surface area contributed by atoms with E-state index in [2.05, 4.69) is 4.98 Å². The molecule has 0 amide bonds. The summed E-state index contributed by atoms with van der Waals surface area (Å²) < 4.78 is 13.0. The molecule has 0 bridgehead atoms. The van der Waals surface area contributed by atoms with Crippen LogP contribution in [0.25, 0.3) is 11.4 Å². The van der Waals surface area contributed by atoms with Crippen LogP contribution in [-0.4, -0.2) is 24.0 Å². The lowest BCUT2D eigenvalue weighted by atomic mass is 10.1. The van der Waals surface area contributed by atoms with Gasteiger partial charge in [0, 0.05) is 23.9 Å². The van der Waals surface area contributed by atoms with E-state index in [9.17, 15) is 4.79 Å². The second kappa shape index (κ2) is 6.73. The Hall–Kier alpha value is -3.21. The molecule has 25 heavy (non-hydrogen) atoms. The van der Waals surface area contributed by atoms with Crippen LogP contribution in [0.2, 0.25) is 0 Å². The number of ketones is 1. The molecule has 2 aromatic heterocycles. The molecule has 4 rings (SSSR count). The van der Waals surface area contributed by atoms with Crippen molar-refractivity contribution >= 4 is 5.78 Å². The van der Waals surface area contributed by atoms with E-state index in [0.717, 1.165) is 11.4 Å². The largest absolute Gasteiger partial charge is 0.486 e. The van der Waals surface area contributed by atoms with Gasteiger partial charge >= 0.3 is 0 Å². The van der Waals surface area contributed by atoms with E-state index in [1.165, 1.54) is 0 Å². The summed E-state index contributed by atoms with van der Waals surface area (Å²) in [5, 5.41) is 0. The lowest BCUT2D eigenvalue weighted by Gasteiger charge is -2.18. The normalized spacial score (nSPS) is 12.6. The summed E-state index contributed by atoms with van der Waals surface area (Å²) in [7, 11) is 0. The fourth-order valence-electron chi connectivity index (χ4n) is 2.82. The van der Waals surface area contributed by atoms with Gasteiger partial charge in [0.15, 0.2) is 17.7 Å². The summed E-state index contributed by atoms with van der Waals surface area (Å²) in [5.74, 6) is 1.31. The Morgan fingerprint density at radius 3 is 2.68 bits per heavy atom. The Morgan fingerprint density at radius 2 is 1.84 bits per heavy atom. The number of pyridine rings is 2. The summed E-state index contributed by atoms with van der Waals surface area (Å²) in [5.41, 5.74) is 2.33. The molecule has 1 aliphatic heterocycles. The number of benzene rings is 1. The van der Waals surface area contributed by atoms with Gasteiger partial charge in [-0.25, -0.2) is 4.98 Å². The fourth-order valence-corrected chi connectivity index (χ4v) is 2.82. The van der Waals surface area contributed by atoms with E-state index < -0.39 is 0 Å². The number of hydrogen-bond acceptors (Lipinski definition) is 4. The van der Waals surface area contributed by atoms with Crippen molar-refractivity contribution in [2.75, 3.05) is 13.2 Å². The minimum Gasteiger partial charge on any atom is -0.486 e. The number of ether oxygens (including phenoxy) is 2. The van der Waals surface area contributed by atoms with Crippen molar-refractivity contribution in [1.29, 1.82) is 0 Å². The molecule has 5 nitrogen and oxygen atoms in total. The predicted molar refractivity (Wildman–Crippen MR) is 91.6 cm³/mol. The molecule has 3 heterocycles. The molecule has 0 atom stereocenters. The van der Waals surface area contributed by atoms with Gasteiger partial charge in [-0.1, -0.05) is 6.07 Å². The van der Waals surface area contributed by atoms with E-state index in [1.807, 2.05) is 47.2 Å². The number of fused-ring (bicyclic) bond motifs is 1. The molecule has 0 fully saturated rings. The highest BCUT2D eigenvalue weighted by molar-refractivity contribution is 5.95. The molecule has 5 heteroatoms. The Balaban J connectivity index is 1.62. The average molecular weight is 333 g/mol. The van der Waals surface area contributed by atoms with Gasteiger partial charge in [-0.2, -0.15) is 4.57 Å². The van der Waals surface area contributed by atoms with Gasteiger partial charge in [0.05, 0.1) is 0 Å². The van der Waals surface area contributed by atoms with Gasteiger partial charge in [-0.15, -0.1) is 0 Å². The molecule has 1 aliphatic rings. The van der Waals surface area contributed by atoms with Crippen LogP contribution < -0.4 is 14.0 Å². The van der Waals surface area contributed by atoms with E-state index in [4.69, 9.17) is 9.47 Å². The number of aromatic nitrogens is 2. The smallest absolute Gasteiger partial charge is 0.231 e. The van der Waals surface area contributed by atoms with Crippen molar-refractivity contribution < 1.29 is 18.8 Å². The topological polar surface area (TPSA) is 52.3 Å². The Bertz CT molecular complexity index is 910. The SMILES string of the molecule is O=C(C[n+]1ccccc1-c1ccccn1)c1ccc2c(c1)OCCO2. The van der Waals surface area contributed by atoms with Crippen LogP contribution in [0.3, 0.4) is 0 Å². The number of hydrogen-bond donors (Lipinski definition) is 0. The van der Waals surface area contributed by atoms with E-state index in [0.29, 0.717) is 30.3 Å². The van der Waals surface area contributed by atoms with E-state index in [1.54, 1.807) is 24.4 Å². The maximum atomic E-state index is 12.7. The zero-order chi connectivity index (χ0) is 17.1. The van der Waals surface area contributed by atoms with E-state index >= 15 is 0 Å². The summed E-state index contributed by atoms with van der Waals surface area (Å²) in [6, 6.07) is 16.9. The first-order chi connectivity index (χ1) is 12.3. The summed E-state index contributed by atoms with van der Waals surface area (Å²) in [6.45, 7) is 1.27. The Kier molecular flexibility index (Phi) is 4.12. The van der Waals surface area contributed by atoms with Crippen molar-refractivity contribution in [2.45, 2.75) is 6.54 Å². The lowest BCUT2D eigenvalue weighted by molar-refractivity contribution is -0.672. The monoisotopic (exact) mass is 333 g/mol. The van der Waals surface area contributed by atoms with Crippen molar-refractivity contribution in [3.05, 3.63) is 72.6 Å². The third-order valence-corrected chi connectivity index (χ3v) is 4.05. The molecule has 0 saturated heterocycles. The summed E-state index contributed by atoms with van der Waals surface area (Å²) in [4.78, 5) is 17.1. The minimum atomic E-state index is 0.00496. The van der Waals surface area contributed by atoms with Gasteiger partial charge in [0.2, 0.25) is 18.0 Å². The molecule has 0 radical (unpaired) electrons. The average Bonchev–Trinajstić information content (AvgIpc) is 2.68. The number of nitrogens with zero attached hydrogens (tertiary/aromatic N) is 2. The van der Waals surface area contributed by atoms with Gasteiger partial charge in [0.1, 0.15) is 18.9 Å². The Morgan fingerprint density at radius 1 is 1.00 bits per heavy atom. The lowest BCUT2D eigenvalue weighted by Crippen LogP contribution is -2.39. The van der Waals surface area contributed by atoms with Crippen LogP contribution in [0.5, 0.6) is 11.5 Å². The Labute approximate surface area is 145 Å². The molecule has 0 aliphatic carbocycles. The van der Waals surface area contributed by atoms with Gasteiger partial charge in [0.25, 0.3) is 0 Å². The van der Waals surface area contributed by atoms with Crippen LogP contribution in [-0.2, 0) is 6.54 Å². The molecule has 0 spiro atoms. The van der Waals surface area contributed by atoms with Crippen LogP contribution >= 0.6 is 0 Å². The van der Waals surface area contributed by atoms with Crippen molar-refractivity contribution in [3.63, 3.8) is 0 Å². The molecule has 124 valence electrons. The van der Waals surface area contributed by atoms with Gasteiger partial charge < -0.3 is 9.47 Å². The van der Waals surface area contributed by atoms with Crippen LogP contribution in [0, 0.1) is 0 Å². The van der Waals surface area contributed by atoms with Crippen molar-refractivity contribution in [3.8, 4) is 22.9 Å². The molecule has 0 saturated carbocycles. The zero-order valence-corrected chi connectivity index (χ0v) is 13.6. The molecule has 0 N–H and O–H groups in total. The summed E-state index contributed by atoms with van der Waals surface area (Å²) >= 11 is 0. The zero-order valence-electron chi connectivity index (χ0n) is 13.6. The van der Waals surface area contributed by atoms with E-state index in [-0.39, 0.29) is 12.3 Å². The van der Waals surface area contributed by atoms with Crippen molar-refractivity contribution in [2.24, 2.45) is 0 Å². The maximum absolute atomic E-state index is 12.7. The van der Waals surface area contributed by atoms with Crippen LogP contribution in [0.1, 0.15) is 10.4 Å².